The summed E-state index contributed by atoms with van der Waals surface area (Å²) in [5.74, 6) is 1.35. The highest BCUT2D eigenvalue weighted by molar-refractivity contribution is 7.85. The van der Waals surface area contributed by atoms with Gasteiger partial charge in [0, 0.05) is 27.8 Å². The molecule has 0 bridgehead atoms. The van der Waals surface area contributed by atoms with Crippen LogP contribution in [0.15, 0.2) is 24.3 Å². The average molecular weight is 267 g/mol. The van der Waals surface area contributed by atoms with Crippen molar-refractivity contribution in [2.45, 2.75) is 37.0 Å². The lowest BCUT2D eigenvalue weighted by Crippen LogP contribution is -2.23. The number of hydrogen-bond donors (Lipinski definition) is 1. The number of benzene rings is 1. The van der Waals surface area contributed by atoms with Crippen LogP contribution in [0.5, 0.6) is 5.75 Å². The smallest absolute Gasteiger partial charge is 0.119 e. The Hall–Kier alpha value is -0.870. The second kappa shape index (κ2) is 6.34. The maximum atomic E-state index is 12.2. The lowest BCUT2D eigenvalue weighted by molar-refractivity contribution is 0.414. The van der Waals surface area contributed by atoms with Crippen molar-refractivity contribution in [1.82, 2.24) is 0 Å². The van der Waals surface area contributed by atoms with Crippen molar-refractivity contribution in [2.24, 2.45) is 5.73 Å². The van der Waals surface area contributed by atoms with Gasteiger partial charge in [-0.05, 0) is 30.5 Å². The van der Waals surface area contributed by atoms with Crippen molar-refractivity contribution in [3.8, 4) is 5.75 Å². The van der Waals surface area contributed by atoms with Gasteiger partial charge in [-0.25, -0.2) is 0 Å². The van der Waals surface area contributed by atoms with E-state index in [0.717, 1.165) is 24.2 Å². The highest BCUT2D eigenvalue weighted by Gasteiger charge is 2.23. The number of ether oxygens (including phenoxy) is 1. The van der Waals surface area contributed by atoms with Gasteiger partial charge in [-0.15, -0.1) is 0 Å². The molecule has 2 rings (SSSR count). The summed E-state index contributed by atoms with van der Waals surface area (Å²) in [5.41, 5.74) is 7.14. The number of methoxy groups -OCH3 is 1. The molecular formula is C14H21NO2S. The topological polar surface area (TPSA) is 52.3 Å². The van der Waals surface area contributed by atoms with Crippen LogP contribution in [0.3, 0.4) is 0 Å². The normalized spacial score (nSPS) is 19.7. The Morgan fingerprint density at radius 3 is 2.83 bits per heavy atom. The summed E-state index contributed by atoms with van der Waals surface area (Å²) in [5, 5.41) is 0.363. The summed E-state index contributed by atoms with van der Waals surface area (Å²) in [6.45, 7) is 0. The summed E-state index contributed by atoms with van der Waals surface area (Å²) in [4.78, 5) is 0. The predicted octanol–water partition coefficient (Wildman–Crippen LogP) is 2.39. The van der Waals surface area contributed by atoms with E-state index >= 15 is 0 Å². The van der Waals surface area contributed by atoms with E-state index in [0.29, 0.717) is 11.0 Å². The van der Waals surface area contributed by atoms with Crippen LogP contribution < -0.4 is 10.5 Å². The Kier molecular flexibility index (Phi) is 4.78. The van der Waals surface area contributed by atoms with E-state index in [2.05, 4.69) is 0 Å². The first-order valence-electron chi connectivity index (χ1n) is 6.47. The van der Waals surface area contributed by atoms with Gasteiger partial charge in [0.2, 0.25) is 0 Å². The summed E-state index contributed by atoms with van der Waals surface area (Å²) >= 11 is 0. The monoisotopic (exact) mass is 267 g/mol. The third-order valence-electron chi connectivity index (χ3n) is 3.54. The molecular weight excluding hydrogens is 246 g/mol. The van der Waals surface area contributed by atoms with E-state index in [9.17, 15) is 4.21 Å². The molecule has 0 aromatic heterocycles. The summed E-state index contributed by atoms with van der Waals surface area (Å²) in [7, 11) is 0.840. The fourth-order valence-corrected chi connectivity index (χ4v) is 4.11. The Labute approximate surface area is 111 Å². The molecule has 1 aliphatic carbocycles. The molecule has 1 aromatic carbocycles. The largest absolute Gasteiger partial charge is 0.497 e. The molecule has 1 aliphatic rings. The molecule has 1 saturated carbocycles. The molecule has 1 aromatic rings. The van der Waals surface area contributed by atoms with Crippen LogP contribution in [0, 0.1) is 0 Å². The van der Waals surface area contributed by atoms with Crippen molar-refractivity contribution in [2.75, 3.05) is 12.9 Å². The molecule has 18 heavy (non-hydrogen) atoms. The molecule has 2 unspecified atom stereocenters. The van der Waals surface area contributed by atoms with Gasteiger partial charge >= 0.3 is 0 Å². The highest BCUT2D eigenvalue weighted by atomic mass is 32.2. The first kappa shape index (κ1) is 13.6. The molecule has 0 saturated heterocycles. The SMILES string of the molecule is COc1cccc(C(N)CS(=O)C2CCCC2)c1. The Bertz CT molecular complexity index is 416. The first-order chi connectivity index (χ1) is 8.70. The van der Waals surface area contributed by atoms with Crippen LogP contribution in [0.4, 0.5) is 0 Å². The number of hydrogen-bond acceptors (Lipinski definition) is 3. The number of rotatable bonds is 5. The van der Waals surface area contributed by atoms with E-state index in [4.69, 9.17) is 10.5 Å². The molecule has 1 fully saturated rings. The minimum Gasteiger partial charge on any atom is -0.497 e. The van der Waals surface area contributed by atoms with Crippen LogP contribution in [-0.2, 0) is 10.8 Å². The molecule has 0 spiro atoms. The van der Waals surface area contributed by atoms with Crippen LogP contribution in [0.25, 0.3) is 0 Å². The average Bonchev–Trinajstić information content (AvgIpc) is 2.92. The highest BCUT2D eigenvalue weighted by Crippen LogP contribution is 2.25. The fraction of sp³-hybridized carbons (Fsp3) is 0.571. The summed E-state index contributed by atoms with van der Waals surface area (Å²) in [6, 6.07) is 7.55. The fourth-order valence-electron chi connectivity index (χ4n) is 2.43. The third kappa shape index (κ3) is 3.33. The maximum Gasteiger partial charge on any atom is 0.119 e. The van der Waals surface area contributed by atoms with E-state index in [1.807, 2.05) is 24.3 Å². The molecule has 0 heterocycles. The van der Waals surface area contributed by atoms with Gasteiger partial charge in [-0.3, -0.25) is 4.21 Å². The molecule has 0 aliphatic heterocycles. The van der Waals surface area contributed by atoms with Crippen LogP contribution in [0.1, 0.15) is 37.3 Å². The minimum atomic E-state index is -0.800. The van der Waals surface area contributed by atoms with Gasteiger partial charge in [-0.1, -0.05) is 25.0 Å². The molecule has 3 nitrogen and oxygen atoms in total. The second-order valence-electron chi connectivity index (χ2n) is 4.84. The van der Waals surface area contributed by atoms with Crippen molar-refractivity contribution >= 4 is 10.8 Å². The van der Waals surface area contributed by atoms with E-state index in [-0.39, 0.29) is 6.04 Å². The van der Waals surface area contributed by atoms with Gasteiger partial charge in [-0.2, -0.15) is 0 Å². The first-order valence-corrected chi connectivity index (χ1v) is 7.85. The molecule has 2 atom stereocenters. The van der Waals surface area contributed by atoms with Crippen molar-refractivity contribution in [3.63, 3.8) is 0 Å². The van der Waals surface area contributed by atoms with Crippen LogP contribution in [0.2, 0.25) is 0 Å². The van der Waals surface area contributed by atoms with Gasteiger partial charge in [0.25, 0.3) is 0 Å². The zero-order valence-corrected chi connectivity index (χ0v) is 11.6. The van der Waals surface area contributed by atoms with Gasteiger partial charge in [0.1, 0.15) is 5.75 Å². The van der Waals surface area contributed by atoms with E-state index in [1.54, 1.807) is 7.11 Å². The lowest BCUT2D eigenvalue weighted by Gasteiger charge is -2.15. The van der Waals surface area contributed by atoms with Gasteiger partial charge in [0.15, 0.2) is 0 Å². The molecule has 4 heteroatoms. The zero-order valence-electron chi connectivity index (χ0n) is 10.8. The molecule has 0 radical (unpaired) electrons. The quantitative estimate of drug-likeness (QED) is 0.891. The second-order valence-corrected chi connectivity index (χ2v) is 6.60. The molecule has 2 N–H and O–H groups in total. The standard InChI is InChI=1S/C14H21NO2S/c1-17-12-6-4-5-11(9-12)14(15)10-18(16)13-7-2-3-8-13/h4-6,9,13-14H,2-3,7-8,10,15H2,1H3. The van der Waals surface area contributed by atoms with E-state index < -0.39 is 10.8 Å². The molecule has 100 valence electrons. The Morgan fingerprint density at radius 2 is 2.17 bits per heavy atom. The third-order valence-corrected chi connectivity index (χ3v) is 5.44. The van der Waals surface area contributed by atoms with Gasteiger partial charge in [0.05, 0.1) is 7.11 Å². The van der Waals surface area contributed by atoms with Crippen molar-refractivity contribution in [3.05, 3.63) is 29.8 Å². The zero-order chi connectivity index (χ0) is 13.0. The van der Waals surface area contributed by atoms with Crippen molar-refractivity contribution < 1.29 is 8.95 Å². The van der Waals surface area contributed by atoms with Crippen LogP contribution >= 0.6 is 0 Å². The maximum absolute atomic E-state index is 12.2. The Morgan fingerprint density at radius 1 is 1.44 bits per heavy atom. The summed E-state index contributed by atoms with van der Waals surface area (Å²) < 4.78 is 17.4. The Balaban J connectivity index is 1.97. The van der Waals surface area contributed by atoms with E-state index in [1.165, 1.54) is 12.8 Å². The lowest BCUT2D eigenvalue weighted by atomic mass is 10.1. The number of nitrogens with two attached hydrogens (primary N) is 1. The van der Waals surface area contributed by atoms with Crippen molar-refractivity contribution in [1.29, 1.82) is 0 Å². The summed E-state index contributed by atoms with van der Waals surface area (Å²) in [6.07, 6.45) is 4.62. The molecule has 0 amide bonds. The predicted molar refractivity (Wildman–Crippen MR) is 75.2 cm³/mol. The minimum absolute atomic E-state index is 0.165. The van der Waals surface area contributed by atoms with Gasteiger partial charge < -0.3 is 10.5 Å². The van der Waals surface area contributed by atoms with Crippen LogP contribution in [-0.4, -0.2) is 22.3 Å².